The Hall–Kier alpha value is -2.95. The van der Waals surface area contributed by atoms with E-state index in [9.17, 15) is 4.79 Å². The molecule has 0 aliphatic heterocycles. The molecule has 2 aromatic heterocycles. The zero-order chi connectivity index (χ0) is 16.9. The molecule has 0 fully saturated rings. The van der Waals surface area contributed by atoms with Gasteiger partial charge >= 0.3 is 0 Å². The lowest BCUT2D eigenvalue weighted by Crippen LogP contribution is -2.23. The summed E-state index contributed by atoms with van der Waals surface area (Å²) in [4.78, 5) is 16.4. The Morgan fingerprint density at radius 3 is 2.54 bits per heavy atom. The van der Waals surface area contributed by atoms with Crippen LogP contribution in [0, 0.1) is 13.8 Å². The fourth-order valence-electron chi connectivity index (χ4n) is 2.55. The number of nitrogens with one attached hydrogen (secondary N) is 1. The smallest absolute Gasteiger partial charge is 0.251 e. The van der Waals surface area contributed by atoms with Gasteiger partial charge in [-0.25, -0.2) is 0 Å². The zero-order valence-corrected chi connectivity index (χ0v) is 13.9. The maximum absolute atomic E-state index is 12.2. The minimum absolute atomic E-state index is 0.0988. The molecule has 3 rings (SSSR count). The van der Waals surface area contributed by atoms with Gasteiger partial charge in [-0.3, -0.25) is 14.5 Å². The summed E-state index contributed by atoms with van der Waals surface area (Å²) < 4.78 is 1.96. The second kappa shape index (κ2) is 7.08. The van der Waals surface area contributed by atoms with Crippen molar-refractivity contribution in [3.05, 3.63) is 82.9 Å². The number of carbonyl (C=O) groups is 1. The van der Waals surface area contributed by atoms with E-state index in [4.69, 9.17) is 0 Å². The van der Waals surface area contributed by atoms with Gasteiger partial charge in [-0.1, -0.05) is 18.2 Å². The Morgan fingerprint density at radius 1 is 1.12 bits per heavy atom. The summed E-state index contributed by atoms with van der Waals surface area (Å²) in [6.45, 7) is 5.15. The van der Waals surface area contributed by atoms with Crippen LogP contribution in [0.15, 0.2) is 54.7 Å². The molecule has 0 bridgehead atoms. The van der Waals surface area contributed by atoms with Crippen molar-refractivity contribution in [3.63, 3.8) is 0 Å². The molecule has 0 saturated heterocycles. The molecule has 0 radical (unpaired) electrons. The number of aromatic nitrogens is 3. The second-order valence-electron chi connectivity index (χ2n) is 5.79. The van der Waals surface area contributed by atoms with E-state index in [0.717, 1.165) is 22.6 Å². The molecule has 0 aliphatic rings. The first-order chi connectivity index (χ1) is 11.6. The quantitative estimate of drug-likeness (QED) is 0.786. The molecule has 5 heteroatoms. The summed E-state index contributed by atoms with van der Waals surface area (Å²) >= 11 is 0. The number of amides is 1. The van der Waals surface area contributed by atoms with Crippen LogP contribution < -0.4 is 5.32 Å². The monoisotopic (exact) mass is 320 g/mol. The van der Waals surface area contributed by atoms with Crippen LogP contribution in [0.5, 0.6) is 0 Å². The molecule has 122 valence electrons. The Kier molecular flexibility index (Phi) is 4.70. The van der Waals surface area contributed by atoms with E-state index in [1.54, 1.807) is 6.20 Å². The van der Waals surface area contributed by atoms with Crippen molar-refractivity contribution >= 4 is 5.91 Å². The molecule has 0 atom stereocenters. The Morgan fingerprint density at radius 2 is 1.92 bits per heavy atom. The normalized spacial score (nSPS) is 10.6. The van der Waals surface area contributed by atoms with Crippen LogP contribution in [0.25, 0.3) is 0 Å². The second-order valence-corrected chi connectivity index (χ2v) is 5.79. The molecule has 0 spiro atoms. The first-order valence-corrected chi connectivity index (χ1v) is 7.90. The van der Waals surface area contributed by atoms with Crippen LogP contribution in [0.3, 0.4) is 0 Å². The number of benzene rings is 1. The highest BCUT2D eigenvalue weighted by molar-refractivity contribution is 5.94. The van der Waals surface area contributed by atoms with Gasteiger partial charge in [0.1, 0.15) is 0 Å². The van der Waals surface area contributed by atoms with Crippen molar-refractivity contribution < 1.29 is 4.79 Å². The average molecular weight is 320 g/mol. The molecule has 1 aromatic carbocycles. The molecule has 0 aliphatic carbocycles. The third kappa shape index (κ3) is 3.87. The summed E-state index contributed by atoms with van der Waals surface area (Å²) in [5.74, 6) is -0.0988. The minimum Gasteiger partial charge on any atom is -0.346 e. The Bertz CT molecular complexity index is 822. The van der Waals surface area contributed by atoms with Gasteiger partial charge in [0.2, 0.25) is 0 Å². The summed E-state index contributed by atoms with van der Waals surface area (Å²) in [5, 5.41) is 7.33. The predicted octanol–water partition coefficient (Wildman–Crippen LogP) is 2.87. The summed E-state index contributed by atoms with van der Waals surface area (Å²) in [6.07, 6.45) is 1.72. The highest BCUT2D eigenvalue weighted by Gasteiger charge is 2.07. The van der Waals surface area contributed by atoms with Crippen molar-refractivity contribution in [3.8, 4) is 0 Å². The molecular weight excluding hydrogens is 300 g/mol. The number of hydrogen-bond donors (Lipinski definition) is 1. The van der Waals surface area contributed by atoms with Crippen molar-refractivity contribution in [1.29, 1.82) is 0 Å². The van der Waals surface area contributed by atoms with Crippen molar-refractivity contribution in [2.75, 3.05) is 0 Å². The molecule has 2 heterocycles. The Balaban J connectivity index is 1.61. The molecule has 0 saturated carbocycles. The lowest BCUT2D eigenvalue weighted by molar-refractivity contribution is 0.0950. The number of hydrogen-bond acceptors (Lipinski definition) is 3. The van der Waals surface area contributed by atoms with E-state index in [1.165, 1.54) is 0 Å². The van der Waals surface area contributed by atoms with Gasteiger partial charge in [-0.15, -0.1) is 0 Å². The molecule has 1 amide bonds. The van der Waals surface area contributed by atoms with E-state index in [2.05, 4.69) is 21.5 Å². The largest absolute Gasteiger partial charge is 0.346 e. The van der Waals surface area contributed by atoms with Crippen LogP contribution >= 0.6 is 0 Å². The van der Waals surface area contributed by atoms with Gasteiger partial charge in [0.05, 0.1) is 24.5 Å². The first kappa shape index (κ1) is 15.9. The highest BCUT2D eigenvalue weighted by Crippen LogP contribution is 2.09. The molecule has 24 heavy (non-hydrogen) atoms. The van der Waals surface area contributed by atoms with Gasteiger partial charge in [-0.05, 0) is 49.7 Å². The molecule has 5 nitrogen and oxygen atoms in total. The van der Waals surface area contributed by atoms with Crippen LogP contribution in [-0.2, 0) is 13.1 Å². The zero-order valence-electron chi connectivity index (χ0n) is 13.9. The average Bonchev–Trinajstić information content (AvgIpc) is 2.91. The predicted molar refractivity (Wildman–Crippen MR) is 92.7 cm³/mol. The molecular formula is C19H20N4O. The third-order valence-corrected chi connectivity index (χ3v) is 3.81. The van der Waals surface area contributed by atoms with E-state index in [0.29, 0.717) is 18.7 Å². The van der Waals surface area contributed by atoms with Gasteiger partial charge in [0.15, 0.2) is 0 Å². The summed E-state index contributed by atoms with van der Waals surface area (Å²) in [7, 11) is 0. The van der Waals surface area contributed by atoms with E-state index in [-0.39, 0.29) is 5.91 Å². The van der Waals surface area contributed by atoms with Crippen LogP contribution in [0.2, 0.25) is 0 Å². The standard InChI is InChI=1S/C19H20N4O/c1-14-11-15(2)23(22-14)13-16-6-8-17(9-7-16)19(24)21-12-18-5-3-4-10-20-18/h3-11H,12-13H2,1-2H3,(H,21,24). The number of rotatable bonds is 5. The van der Waals surface area contributed by atoms with Gasteiger partial charge in [0, 0.05) is 17.5 Å². The van der Waals surface area contributed by atoms with Crippen LogP contribution in [0.4, 0.5) is 0 Å². The van der Waals surface area contributed by atoms with E-state index >= 15 is 0 Å². The van der Waals surface area contributed by atoms with Crippen LogP contribution in [-0.4, -0.2) is 20.7 Å². The number of nitrogens with zero attached hydrogens (tertiary/aromatic N) is 3. The third-order valence-electron chi connectivity index (χ3n) is 3.81. The highest BCUT2D eigenvalue weighted by atomic mass is 16.1. The summed E-state index contributed by atoms with van der Waals surface area (Å²) in [5.41, 5.74) is 4.74. The molecule has 3 aromatic rings. The van der Waals surface area contributed by atoms with E-state index in [1.807, 2.05) is 61.0 Å². The molecule has 0 unspecified atom stereocenters. The number of aryl methyl sites for hydroxylation is 2. The van der Waals surface area contributed by atoms with Crippen LogP contribution in [0.1, 0.15) is 33.0 Å². The molecule has 1 N–H and O–H groups in total. The maximum Gasteiger partial charge on any atom is 0.251 e. The van der Waals surface area contributed by atoms with Crippen molar-refractivity contribution in [2.24, 2.45) is 0 Å². The minimum atomic E-state index is -0.0988. The van der Waals surface area contributed by atoms with Gasteiger partial charge in [0.25, 0.3) is 5.91 Å². The summed E-state index contributed by atoms with van der Waals surface area (Å²) in [6, 6.07) is 15.3. The lowest BCUT2D eigenvalue weighted by atomic mass is 10.1. The topological polar surface area (TPSA) is 59.8 Å². The number of carbonyl (C=O) groups excluding carboxylic acids is 1. The number of pyridine rings is 1. The van der Waals surface area contributed by atoms with Crippen molar-refractivity contribution in [2.45, 2.75) is 26.9 Å². The van der Waals surface area contributed by atoms with E-state index < -0.39 is 0 Å². The lowest BCUT2D eigenvalue weighted by Gasteiger charge is -2.07. The SMILES string of the molecule is Cc1cc(C)n(Cc2ccc(C(=O)NCc3ccccn3)cc2)n1. The fraction of sp³-hybridized carbons (Fsp3) is 0.211. The fourth-order valence-corrected chi connectivity index (χ4v) is 2.55. The van der Waals surface area contributed by atoms with Gasteiger partial charge < -0.3 is 5.32 Å². The van der Waals surface area contributed by atoms with Gasteiger partial charge in [-0.2, -0.15) is 5.10 Å². The Labute approximate surface area is 141 Å². The maximum atomic E-state index is 12.2. The van der Waals surface area contributed by atoms with Crippen molar-refractivity contribution in [1.82, 2.24) is 20.1 Å². The first-order valence-electron chi connectivity index (χ1n) is 7.90.